The standard InChI is InChI=1S/C7H5F2IN2O/c8-6(9)5-4(10)1-3(2-13)7(11)12-5/h1-2,6H,(H2,11,12). The summed E-state index contributed by atoms with van der Waals surface area (Å²) in [6.07, 6.45) is -2.19. The Morgan fingerprint density at radius 3 is 2.69 bits per heavy atom. The molecule has 0 aromatic carbocycles. The van der Waals surface area contributed by atoms with Crippen molar-refractivity contribution in [3.05, 3.63) is 20.9 Å². The fourth-order valence-corrected chi connectivity index (χ4v) is 1.47. The van der Waals surface area contributed by atoms with Gasteiger partial charge in [0, 0.05) is 3.57 Å². The summed E-state index contributed by atoms with van der Waals surface area (Å²) in [5.74, 6) is -0.161. The zero-order chi connectivity index (χ0) is 10.0. The fourth-order valence-electron chi connectivity index (χ4n) is 0.780. The minimum absolute atomic E-state index is 0.133. The second kappa shape index (κ2) is 3.95. The predicted octanol–water partition coefficient (Wildman–Crippen LogP) is 2.02. The number of aromatic nitrogens is 1. The number of pyridine rings is 1. The number of hydrogen-bond acceptors (Lipinski definition) is 3. The molecule has 0 radical (unpaired) electrons. The molecule has 0 amide bonds. The smallest absolute Gasteiger partial charge is 0.281 e. The van der Waals surface area contributed by atoms with E-state index in [0.29, 0.717) is 6.29 Å². The van der Waals surface area contributed by atoms with Crippen molar-refractivity contribution in [3.8, 4) is 0 Å². The SMILES string of the molecule is Nc1nc(C(F)F)c(I)cc1C=O. The van der Waals surface area contributed by atoms with E-state index in [1.165, 1.54) is 6.07 Å². The average Bonchev–Trinajstić information content (AvgIpc) is 2.07. The second-order valence-corrected chi connectivity index (χ2v) is 3.41. The van der Waals surface area contributed by atoms with Crippen LogP contribution < -0.4 is 5.73 Å². The van der Waals surface area contributed by atoms with E-state index in [1.807, 2.05) is 0 Å². The average molecular weight is 298 g/mol. The molecule has 0 spiro atoms. The molecule has 0 aliphatic rings. The van der Waals surface area contributed by atoms with Crippen LogP contribution in [0, 0.1) is 3.57 Å². The van der Waals surface area contributed by atoms with E-state index < -0.39 is 6.43 Å². The molecule has 70 valence electrons. The van der Waals surface area contributed by atoms with E-state index in [-0.39, 0.29) is 20.6 Å². The van der Waals surface area contributed by atoms with Crippen molar-refractivity contribution in [3.63, 3.8) is 0 Å². The van der Waals surface area contributed by atoms with Crippen LogP contribution in [-0.2, 0) is 0 Å². The molecule has 6 heteroatoms. The van der Waals surface area contributed by atoms with Gasteiger partial charge in [-0.3, -0.25) is 4.79 Å². The Morgan fingerprint density at radius 1 is 1.62 bits per heavy atom. The fraction of sp³-hybridized carbons (Fsp3) is 0.143. The van der Waals surface area contributed by atoms with Crippen LogP contribution in [0.25, 0.3) is 0 Å². The van der Waals surface area contributed by atoms with E-state index in [9.17, 15) is 13.6 Å². The summed E-state index contributed by atoms with van der Waals surface area (Å²) in [5.41, 5.74) is 5.01. The summed E-state index contributed by atoms with van der Waals surface area (Å²) >= 11 is 1.68. The number of halogens is 3. The molecular formula is C7H5F2IN2O. The van der Waals surface area contributed by atoms with Crippen LogP contribution in [-0.4, -0.2) is 11.3 Å². The molecule has 1 aromatic heterocycles. The predicted molar refractivity (Wildman–Crippen MR) is 51.7 cm³/mol. The van der Waals surface area contributed by atoms with Gasteiger partial charge in [0.1, 0.15) is 11.5 Å². The number of anilines is 1. The molecule has 2 N–H and O–H groups in total. The minimum atomic E-state index is -2.67. The maximum atomic E-state index is 12.2. The molecule has 1 aromatic rings. The summed E-state index contributed by atoms with van der Waals surface area (Å²) in [5, 5.41) is 0. The Hall–Kier alpha value is -0.790. The number of alkyl halides is 2. The van der Waals surface area contributed by atoms with E-state index in [2.05, 4.69) is 4.98 Å². The Morgan fingerprint density at radius 2 is 2.23 bits per heavy atom. The topological polar surface area (TPSA) is 56.0 Å². The van der Waals surface area contributed by atoms with Crippen LogP contribution >= 0.6 is 22.6 Å². The Kier molecular flexibility index (Phi) is 3.12. The van der Waals surface area contributed by atoms with Gasteiger partial charge >= 0.3 is 0 Å². The van der Waals surface area contributed by atoms with Crippen LogP contribution in [0.3, 0.4) is 0 Å². The second-order valence-electron chi connectivity index (χ2n) is 2.25. The molecule has 1 heterocycles. The number of nitrogen functional groups attached to an aromatic ring is 1. The number of nitrogens with zero attached hydrogens (tertiary/aromatic N) is 1. The lowest BCUT2D eigenvalue weighted by Gasteiger charge is -2.04. The maximum Gasteiger partial charge on any atom is 0.281 e. The van der Waals surface area contributed by atoms with Gasteiger partial charge in [0.2, 0.25) is 0 Å². The van der Waals surface area contributed by atoms with Crippen molar-refractivity contribution in [1.29, 1.82) is 0 Å². The number of carbonyl (C=O) groups excluding carboxylic acids is 1. The normalized spacial score (nSPS) is 10.5. The van der Waals surface area contributed by atoms with Gasteiger partial charge in [-0.1, -0.05) is 0 Å². The van der Waals surface area contributed by atoms with Crippen molar-refractivity contribution in [2.75, 3.05) is 5.73 Å². The molecule has 0 unspecified atom stereocenters. The van der Waals surface area contributed by atoms with E-state index in [4.69, 9.17) is 5.73 Å². The molecule has 0 fully saturated rings. The van der Waals surface area contributed by atoms with E-state index in [0.717, 1.165) is 0 Å². The Balaban J connectivity index is 3.28. The summed E-state index contributed by atoms with van der Waals surface area (Å²) in [6.45, 7) is 0. The molecule has 0 aliphatic heterocycles. The first-order valence-electron chi connectivity index (χ1n) is 3.25. The zero-order valence-corrected chi connectivity index (χ0v) is 8.46. The van der Waals surface area contributed by atoms with Crippen LogP contribution in [0.5, 0.6) is 0 Å². The van der Waals surface area contributed by atoms with Crippen LogP contribution in [0.1, 0.15) is 22.5 Å². The Labute approximate surface area is 86.5 Å². The first-order chi connectivity index (χ1) is 6.06. The quantitative estimate of drug-likeness (QED) is 0.671. The van der Waals surface area contributed by atoms with Crippen molar-refractivity contribution < 1.29 is 13.6 Å². The monoisotopic (exact) mass is 298 g/mol. The highest BCUT2D eigenvalue weighted by molar-refractivity contribution is 14.1. The molecule has 3 nitrogen and oxygen atoms in total. The van der Waals surface area contributed by atoms with Crippen LogP contribution in [0.4, 0.5) is 14.6 Å². The van der Waals surface area contributed by atoms with E-state index >= 15 is 0 Å². The lowest BCUT2D eigenvalue weighted by molar-refractivity contribution is 0.112. The first kappa shape index (κ1) is 10.3. The van der Waals surface area contributed by atoms with Gasteiger partial charge in [0.05, 0.1) is 5.56 Å². The third-order valence-electron chi connectivity index (χ3n) is 1.40. The molecule has 0 aliphatic carbocycles. The number of rotatable bonds is 2. The van der Waals surface area contributed by atoms with Gasteiger partial charge in [-0.25, -0.2) is 13.8 Å². The molecule has 1 rings (SSSR count). The molecule has 0 saturated carbocycles. The number of carbonyl (C=O) groups is 1. The van der Waals surface area contributed by atoms with Crippen LogP contribution in [0.15, 0.2) is 6.07 Å². The zero-order valence-electron chi connectivity index (χ0n) is 6.30. The molecule has 0 saturated heterocycles. The number of nitrogens with two attached hydrogens (primary N) is 1. The van der Waals surface area contributed by atoms with Gasteiger partial charge in [-0.2, -0.15) is 0 Å². The number of hydrogen-bond donors (Lipinski definition) is 1. The highest BCUT2D eigenvalue weighted by Gasteiger charge is 2.15. The third-order valence-corrected chi connectivity index (χ3v) is 2.26. The highest BCUT2D eigenvalue weighted by Crippen LogP contribution is 2.24. The molecule has 0 bridgehead atoms. The summed E-state index contributed by atoms with van der Waals surface area (Å²) in [4.78, 5) is 13.8. The maximum absolute atomic E-state index is 12.2. The van der Waals surface area contributed by atoms with Gasteiger partial charge in [-0.15, -0.1) is 0 Å². The number of aldehydes is 1. The van der Waals surface area contributed by atoms with Gasteiger partial charge in [0.25, 0.3) is 6.43 Å². The van der Waals surface area contributed by atoms with Crippen molar-refractivity contribution >= 4 is 34.7 Å². The summed E-state index contributed by atoms with van der Waals surface area (Å²) in [7, 11) is 0. The molecular weight excluding hydrogens is 293 g/mol. The third kappa shape index (κ3) is 2.11. The van der Waals surface area contributed by atoms with Gasteiger partial charge < -0.3 is 5.73 Å². The van der Waals surface area contributed by atoms with Crippen molar-refractivity contribution in [2.45, 2.75) is 6.43 Å². The minimum Gasteiger partial charge on any atom is -0.383 e. The highest BCUT2D eigenvalue weighted by atomic mass is 127. The van der Waals surface area contributed by atoms with E-state index in [1.54, 1.807) is 22.6 Å². The first-order valence-corrected chi connectivity index (χ1v) is 4.33. The van der Waals surface area contributed by atoms with Gasteiger partial charge in [-0.05, 0) is 28.7 Å². The lowest BCUT2D eigenvalue weighted by Crippen LogP contribution is -2.03. The van der Waals surface area contributed by atoms with Crippen LogP contribution in [0.2, 0.25) is 0 Å². The van der Waals surface area contributed by atoms with Crippen molar-refractivity contribution in [1.82, 2.24) is 4.98 Å². The molecule has 0 atom stereocenters. The lowest BCUT2D eigenvalue weighted by atomic mass is 10.2. The molecule has 13 heavy (non-hydrogen) atoms. The Bertz CT molecular complexity index is 344. The summed E-state index contributed by atoms with van der Waals surface area (Å²) < 4.78 is 24.7. The van der Waals surface area contributed by atoms with Crippen molar-refractivity contribution in [2.24, 2.45) is 0 Å². The summed E-state index contributed by atoms with van der Waals surface area (Å²) in [6, 6.07) is 1.29. The van der Waals surface area contributed by atoms with Gasteiger partial charge in [0.15, 0.2) is 6.29 Å². The largest absolute Gasteiger partial charge is 0.383 e.